The van der Waals surface area contributed by atoms with Crippen molar-refractivity contribution in [3.63, 3.8) is 0 Å². The lowest BCUT2D eigenvalue weighted by molar-refractivity contribution is 0.0696. The van der Waals surface area contributed by atoms with Crippen molar-refractivity contribution in [3.05, 3.63) is 88.4 Å². The van der Waals surface area contributed by atoms with Gasteiger partial charge in [-0.3, -0.25) is 4.79 Å². The van der Waals surface area contributed by atoms with E-state index in [0.717, 1.165) is 5.56 Å². The lowest BCUT2D eigenvalue weighted by Gasteiger charge is -2.00. The number of amides is 1. The second kappa shape index (κ2) is 8.18. The zero-order chi connectivity index (χ0) is 21.1. The molecule has 1 amide bonds. The number of aromatic nitrogens is 2. The molecule has 0 saturated heterocycles. The zero-order valence-electron chi connectivity index (χ0n) is 15.5. The number of benzene rings is 3. The van der Waals surface area contributed by atoms with Crippen LogP contribution in [0.5, 0.6) is 0 Å². The molecule has 8 heteroatoms. The molecule has 3 N–H and O–H groups in total. The second-order valence-electron chi connectivity index (χ2n) is 6.42. The number of H-pyrrole nitrogens is 1. The SMILES string of the molecule is O=C(O)c1ccc(/C=N/NC(=O)c2ccc3nc(-c4ccccc4Cl)[nH]c3c2)cc1. The van der Waals surface area contributed by atoms with Crippen LogP contribution in [0.1, 0.15) is 26.3 Å². The Morgan fingerprint density at radius 3 is 2.50 bits per heavy atom. The molecular formula is C22H15ClN4O3. The first-order valence-corrected chi connectivity index (χ1v) is 9.30. The molecule has 0 aliphatic carbocycles. The number of halogens is 1. The summed E-state index contributed by atoms with van der Waals surface area (Å²) in [7, 11) is 0. The number of rotatable bonds is 5. The van der Waals surface area contributed by atoms with Gasteiger partial charge in [0, 0.05) is 11.1 Å². The van der Waals surface area contributed by atoms with Crippen molar-refractivity contribution >= 4 is 40.7 Å². The minimum absolute atomic E-state index is 0.181. The molecule has 4 aromatic rings. The van der Waals surface area contributed by atoms with E-state index < -0.39 is 5.97 Å². The monoisotopic (exact) mass is 418 g/mol. The van der Waals surface area contributed by atoms with E-state index in [1.807, 2.05) is 18.2 Å². The van der Waals surface area contributed by atoms with Crippen LogP contribution in [0.25, 0.3) is 22.4 Å². The van der Waals surface area contributed by atoms with Crippen molar-refractivity contribution < 1.29 is 14.7 Å². The molecule has 1 aromatic heterocycles. The van der Waals surface area contributed by atoms with Crippen molar-refractivity contribution in [1.82, 2.24) is 15.4 Å². The highest BCUT2D eigenvalue weighted by atomic mass is 35.5. The number of nitrogens with zero attached hydrogens (tertiary/aromatic N) is 2. The van der Waals surface area contributed by atoms with E-state index >= 15 is 0 Å². The van der Waals surface area contributed by atoms with Gasteiger partial charge in [0.15, 0.2) is 0 Å². The average molecular weight is 419 g/mol. The van der Waals surface area contributed by atoms with Gasteiger partial charge in [-0.1, -0.05) is 35.9 Å². The molecule has 0 aliphatic rings. The summed E-state index contributed by atoms with van der Waals surface area (Å²) in [6, 6.07) is 18.6. The molecule has 148 valence electrons. The number of carboxylic acid groups (broad SMARTS) is 1. The Morgan fingerprint density at radius 2 is 1.77 bits per heavy atom. The van der Waals surface area contributed by atoms with E-state index in [1.165, 1.54) is 18.3 Å². The van der Waals surface area contributed by atoms with E-state index in [0.29, 0.717) is 33.0 Å². The fourth-order valence-electron chi connectivity index (χ4n) is 2.87. The summed E-state index contributed by atoms with van der Waals surface area (Å²) in [6.07, 6.45) is 1.44. The summed E-state index contributed by atoms with van der Waals surface area (Å²) in [5, 5.41) is 13.4. The highest BCUT2D eigenvalue weighted by molar-refractivity contribution is 6.33. The molecular weight excluding hydrogens is 404 g/mol. The smallest absolute Gasteiger partial charge is 0.335 e. The molecule has 30 heavy (non-hydrogen) atoms. The average Bonchev–Trinajstić information content (AvgIpc) is 3.17. The van der Waals surface area contributed by atoms with Crippen LogP contribution >= 0.6 is 11.6 Å². The Balaban J connectivity index is 1.49. The van der Waals surface area contributed by atoms with Crippen LogP contribution < -0.4 is 5.43 Å². The lowest BCUT2D eigenvalue weighted by atomic mass is 10.1. The van der Waals surface area contributed by atoms with Crippen molar-refractivity contribution in [2.45, 2.75) is 0 Å². The number of carbonyl (C=O) groups excluding carboxylic acids is 1. The molecule has 0 saturated carbocycles. The van der Waals surface area contributed by atoms with E-state index in [-0.39, 0.29) is 11.5 Å². The van der Waals surface area contributed by atoms with Gasteiger partial charge in [-0.2, -0.15) is 5.10 Å². The maximum atomic E-state index is 12.4. The van der Waals surface area contributed by atoms with Gasteiger partial charge in [-0.25, -0.2) is 15.2 Å². The predicted molar refractivity (Wildman–Crippen MR) is 115 cm³/mol. The summed E-state index contributed by atoms with van der Waals surface area (Å²) >= 11 is 6.23. The van der Waals surface area contributed by atoms with Gasteiger partial charge in [-0.05, 0) is 48.0 Å². The van der Waals surface area contributed by atoms with Gasteiger partial charge in [0.1, 0.15) is 5.82 Å². The van der Waals surface area contributed by atoms with E-state index in [4.69, 9.17) is 16.7 Å². The van der Waals surface area contributed by atoms with E-state index in [9.17, 15) is 9.59 Å². The molecule has 3 aromatic carbocycles. The van der Waals surface area contributed by atoms with Crippen LogP contribution in [0, 0.1) is 0 Å². The number of hydrazone groups is 1. The number of carboxylic acids is 1. The summed E-state index contributed by atoms with van der Waals surface area (Å²) in [4.78, 5) is 31.0. The number of fused-ring (bicyclic) bond motifs is 1. The first kappa shape index (κ1) is 19.4. The van der Waals surface area contributed by atoms with Gasteiger partial charge >= 0.3 is 5.97 Å². The maximum Gasteiger partial charge on any atom is 0.335 e. The fourth-order valence-corrected chi connectivity index (χ4v) is 3.10. The van der Waals surface area contributed by atoms with Crippen LogP contribution in [0.3, 0.4) is 0 Å². The third kappa shape index (κ3) is 4.06. The van der Waals surface area contributed by atoms with Gasteiger partial charge < -0.3 is 10.1 Å². The maximum absolute atomic E-state index is 12.4. The first-order chi connectivity index (χ1) is 14.5. The van der Waals surface area contributed by atoms with Gasteiger partial charge in [0.2, 0.25) is 0 Å². The van der Waals surface area contributed by atoms with Crippen LogP contribution in [0.4, 0.5) is 0 Å². The van der Waals surface area contributed by atoms with Gasteiger partial charge in [-0.15, -0.1) is 0 Å². The summed E-state index contributed by atoms with van der Waals surface area (Å²) in [5.41, 5.74) is 5.90. The Bertz CT molecular complexity index is 1280. The predicted octanol–water partition coefficient (Wildman–Crippen LogP) is 4.35. The van der Waals surface area contributed by atoms with Crippen molar-refractivity contribution in [3.8, 4) is 11.4 Å². The zero-order valence-corrected chi connectivity index (χ0v) is 16.2. The second-order valence-corrected chi connectivity index (χ2v) is 6.83. The molecule has 0 unspecified atom stereocenters. The summed E-state index contributed by atoms with van der Waals surface area (Å²) in [5.74, 6) is -0.765. The lowest BCUT2D eigenvalue weighted by Crippen LogP contribution is -2.17. The molecule has 0 spiro atoms. The molecule has 4 rings (SSSR count). The molecule has 7 nitrogen and oxygen atoms in total. The van der Waals surface area contributed by atoms with E-state index in [1.54, 1.807) is 36.4 Å². The van der Waals surface area contributed by atoms with Crippen LogP contribution in [-0.2, 0) is 0 Å². The van der Waals surface area contributed by atoms with Crippen LogP contribution in [0.15, 0.2) is 71.8 Å². The normalized spacial score (nSPS) is 11.1. The van der Waals surface area contributed by atoms with Crippen LogP contribution in [-0.4, -0.2) is 33.2 Å². The number of imidazole rings is 1. The quantitative estimate of drug-likeness (QED) is 0.331. The summed E-state index contributed by atoms with van der Waals surface area (Å²) < 4.78 is 0. The van der Waals surface area contributed by atoms with Crippen molar-refractivity contribution in [2.24, 2.45) is 5.10 Å². The highest BCUT2D eigenvalue weighted by Gasteiger charge is 2.11. The fraction of sp³-hybridized carbons (Fsp3) is 0. The molecule has 0 radical (unpaired) electrons. The van der Waals surface area contributed by atoms with Crippen molar-refractivity contribution in [1.29, 1.82) is 0 Å². The standard InChI is InChI=1S/C22H15ClN4O3/c23-17-4-2-1-3-16(17)20-25-18-10-9-15(11-19(18)26-20)21(28)27-24-12-13-5-7-14(8-6-13)22(29)30/h1-12H,(H,25,26)(H,27,28)(H,29,30)/b24-12+. The third-order valence-corrected chi connectivity index (χ3v) is 4.74. The number of aromatic carboxylic acids is 1. The Morgan fingerprint density at radius 1 is 1.03 bits per heavy atom. The first-order valence-electron chi connectivity index (χ1n) is 8.93. The molecule has 1 heterocycles. The van der Waals surface area contributed by atoms with E-state index in [2.05, 4.69) is 20.5 Å². The number of hydrogen-bond acceptors (Lipinski definition) is 4. The van der Waals surface area contributed by atoms with Gasteiger partial charge in [0.05, 0.1) is 27.8 Å². The molecule has 0 fully saturated rings. The van der Waals surface area contributed by atoms with Crippen LogP contribution in [0.2, 0.25) is 5.02 Å². The number of aromatic amines is 1. The number of carbonyl (C=O) groups is 2. The Labute approximate surface area is 176 Å². The number of hydrogen-bond donors (Lipinski definition) is 3. The minimum Gasteiger partial charge on any atom is -0.478 e. The minimum atomic E-state index is -1.00. The highest BCUT2D eigenvalue weighted by Crippen LogP contribution is 2.27. The molecule has 0 bridgehead atoms. The molecule has 0 aliphatic heterocycles. The van der Waals surface area contributed by atoms with Crippen molar-refractivity contribution in [2.75, 3.05) is 0 Å². The Kier molecular flexibility index (Phi) is 5.28. The molecule has 0 atom stereocenters. The topological polar surface area (TPSA) is 107 Å². The van der Waals surface area contributed by atoms with Gasteiger partial charge in [0.25, 0.3) is 5.91 Å². The third-order valence-electron chi connectivity index (χ3n) is 4.41. The largest absolute Gasteiger partial charge is 0.478 e. The number of nitrogens with one attached hydrogen (secondary N) is 2. The summed E-state index contributed by atoms with van der Waals surface area (Å²) in [6.45, 7) is 0. The Hall–Kier alpha value is -3.97.